The summed E-state index contributed by atoms with van der Waals surface area (Å²) in [6, 6.07) is 5.93. The van der Waals surface area contributed by atoms with Crippen LogP contribution in [0.2, 0.25) is 0 Å². The fourth-order valence-electron chi connectivity index (χ4n) is 2.12. The number of allylic oxidation sites excluding steroid dienone is 1. The van der Waals surface area contributed by atoms with Crippen molar-refractivity contribution in [3.05, 3.63) is 48.3 Å². The minimum Gasteiger partial charge on any atom is -0.357 e. The molecule has 0 aliphatic carbocycles. The van der Waals surface area contributed by atoms with E-state index >= 15 is 0 Å². The third-order valence-electron chi connectivity index (χ3n) is 3.38. The Balaban J connectivity index is 0.00000576. The molecular weight excluding hydrogens is 434 g/mol. The summed E-state index contributed by atoms with van der Waals surface area (Å²) in [5, 5.41) is 5.90. The normalized spacial score (nSPS) is 10.6. The van der Waals surface area contributed by atoms with E-state index in [4.69, 9.17) is 0 Å². The number of halogens is 2. The molecule has 0 bridgehead atoms. The van der Waals surface area contributed by atoms with Gasteiger partial charge in [-0.1, -0.05) is 18.2 Å². The molecule has 0 aromatic heterocycles. The molecule has 0 unspecified atom stereocenters. The number of hydrogen-bond donors (Lipinski definition) is 2. The van der Waals surface area contributed by atoms with Gasteiger partial charge in [0.05, 0.1) is 12.1 Å². The summed E-state index contributed by atoms with van der Waals surface area (Å²) >= 11 is 0. The Kier molecular flexibility index (Phi) is 12.7. The summed E-state index contributed by atoms with van der Waals surface area (Å²) in [7, 11) is 1.97. The van der Waals surface area contributed by atoms with E-state index < -0.39 is 11.7 Å². The van der Waals surface area contributed by atoms with Crippen molar-refractivity contribution >= 4 is 35.8 Å². The topological polar surface area (TPSA) is 56.7 Å². The Morgan fingerprint density at radius 1 is 1.36 bits per heavy atom. The third kappa shape index (κ3) is 8.85. The largest absolute Gasteiger partial charge is 0.357 e. The average Bonchev–Trinajstić information content (AvgIpc) is 2.58. The highest BCUT2D eigenvalue weighted by atomic mass is 127. The minimum absolute atomic E-state index is 0. The third-order valence-corrected chi connectivity index (χ3v) is 3.38. The van der Waals surface area contributed by atoms with Gasteiger partial charge in [-0.3, -0.25) is 9.79 Å². The highest BCUT2D eigenvalue weighted by molar-refractivity contribution is 14.0. The Hall–Kier alpha value is -1.64. The highest BCUT2D eigenvalue weighted by Gasteiger charge is 2.10. The van der Waals surface area contributed by atoms with Crippen LogP contribution in [-0.2, 0) is 0 Å². The Labute approximate surface area is 166 Å². The van der Waals surface area contributed by atoms with Crippen molar-refractivity contribution in [1.82, 2.24) is 15.5 Å². The van der Waals surface area contributed by atoms with Gasteiger partial charge in [-0.15, -0.1) is 30.6 Å². The zero-order chi connectivity index (χ0) is 17.8. The quantitative estimate of drug-likeness (QED) is 0.195. The molecule has 0 atom stereocenters. The molecule has 0 saturated heterocycles. The zero-order valence-electron chi connectivity index (χ0n) is 14.9. The minimum atomic E-state index is -0.520. The van der Waals surface area contributed by atoms with Gasteiger partial charge in [-0.05, 0) is 31.9 Å². The van der Waals surface area contributed by atoms with E-state index in [0.29, 0.717) is 13.1 Å². The lowest BCUT2D eigenvalue weighted by atomic mass is 10.2. The fraction of sp³-hybridized carbons (Fsp3) is 0.444. The number of benzene rings is 1. The Morgan fingerprint density at radius 2 is 2.08 bits per heavy atom. The number of guanidine groups is 1. The van der Waals surface area contributed by atoms with Crippen molar-refractivity contribution < 1.29 is 9.18 Å². The first-order valence-electron chi connectivity index (χ1n) is 8.23. The fourth-order valence-corrected chi connectivity index (χ4v) is 2.12. The first kappa shape index (κ1) is 23.4. The first-order valence-corrected chi connectivity index (χ1v) is 8.23. The number of hydrogen-bond acceptors (Lipinski definition) is 2. The number of amides is 1. The van der Waals surface area contributed by atoms with E-state index in [1.54, 1.807) is 12.1 Å². The molecule has 0 spiro atoms. The predicted octanol–water partition coefficient (Wildman–Crippen LogP) is 3.04. The summed E-state index contributed by atoms with van der Waals surface area (Å²) in [6.07, 6.45) is 3.87. The van der Waals surface area contributed by atoms with E-state index in [1.165, 1.54) is 12.1 Å². The van der Waals surface area contributed by atoms with Gasteiger partial charge in [-0.25, -0.2) is 4.39 Å². The van der Waals surface area contributed by atoms with E-state index in [2.05, 4.69) is 22.2 Å². The lowest BCUT2D eigenvalue weighted by Crippen LogP contribution is -2.40. The standard InChI is InChI=1S/C18H27FN4O.HI/c1-4-6-9-14-23(3)18(20-5-2)22-13-12-21-17(24)15-10-7-8-11-16(15)19;/h4,7-8,10-11H,1,5-6,9,12-14H2,2-3H3,(H,20,22)(H,21,24);1H. The Bertz CT molecular complexity index is 566. The molecule has 2 N–H and O–H groups in total. The van der Waals surface area contributed by atoms with E-state index in [9.17, 15) is 9.18 Å². The van der Waals surface area contributed by atoms with Gasteiger partial charge in [0.25, 0.3) is 5.91 Å². The maximum atomic E-state index is 13.5. The van der Waals surface area contributed by atoms with Crippen molar-refractivity contribution in [2.45, 2.75) is 19.8 Å². The van der Waals surface area contributed by atoms with Gasteiger partial charge in [-0.2, -0.15) is 0 Å². The highest BCUT2D eigenvalue weighted by Crippen LogP contribution is 2.05. The maximum Gasteiger partial charge on any atom is 0.254 e. The van der Waals surface area contributed by atoms with E-state index in [-0.39, 0.29) is 29.5 Å². The first-order chi connectivity index (χ1) is 11.6. The maximum absolute atomic E-state index is 13.5. The van der Waals surface area contributed by atoms with Gasteiger partial charge in [0.15, 0.2) is 5.96 Å². The number of rotatable bonds is 9. The molecule has 1 amide bonds. The molecule has 0 saturated carbocycles. The van der Waals surface area contributed by atoms with Crippen LogP contribution in [0.25, 0.3) is 0 Å². The van der Waals surface area contributed by atoms with Gasteiger partial charge >= 0.3 is 0 Å². The van der Waals surface area contributed by atoms with Crippen LogP contribution in [0.15, 0.2) is 41.9 Å². The van der Waals surface area contributed by atoms with Crippen LogP contribution in [-0.4, -0.2) is 50.0 Å². The second-order valence-electron chi connectivity index (χ2n) is 5.32. The van der Waals surface area contributed by atoms with E-state index in [1.807, 2.05) is 24.9 Å². The molecule has 5 nitrogen and oxygen atoms in total. The molecule has 0 aliphatic rings. The molecule has 1 aromatic rings. The van der Waals surface area contributed by atoms with Crippen molar-refractivity contribution in [2.75, 3.05) is 33.2 Å². The van der Waals surface area contributed by atoms with Crippen LogP contribution in [0, 0.1) is 5.82 Å². The molecule has 0 aliphatic heterocycles. The molecule has 1 aromatic carbocycles. The smallest absolute Gasteiger partial charge is 0.254 e. The van der Waals surface area contributed by atoms with Gasteiger partial charge < -0.3 is 15.5 Å². The number of unbranched alkanes of at least 4 members (excludes halogenated alkanes) is 1. The average molecular weight is 462 g/mol. The second-order valence-corrected chi connectivity index (χ2v) is 5.32. The van der Waals surface area contributed by atoms with Crippen LogP contribution in [0.1, 0.15) is 30.1 Å². The summed E-state index contributed by atoms with van der Waals surface area (Å²) in [4.78, 5) is 18.4. The monoisotopic (exact) mass is 462 g/mol. The van der Waals surface area contributed by atoms with Gasteiger partial charge in [0.1, 0.15) is 5.82 Å². The number of carbonyl (C=O) groups excluding carboxylic acids is 1. The van der Waals surface area contributed by atoms with Crippen LogP contribution in [0.4, 0.5) is 4.39 Å². The molecular formula is C18H28FIN4O. The Morgan fingerprint density at radius 3 is 2.72 bits per heavy atom. The zero-order valence-corrected chi connectivity index (χ0v) is 17.3. The molecule has 7 heteroatoms. The molecule has 0 fully saturated rings. The number of aliphatic imine (C=N–C) groups is 1. The summed E-state index contributed by atoms with van der Waals surface area (Å²) < 4.78 is 13.5. The lowest BCUT2D eigenvalue weighted by Gasteiger charge is -2.21. The van der Waals surface area contributed by atoms with Crippen molar-refractivity contribution in [3.8, 4) is 0 Å². The van der Waals surface area contributed by atoms with Crippen LogP contribution in [0.5, 0.6) is 0 Å². The van der Waals surface area contributed by atoms with Crippen molar-refractivity contribution in [1.29, 1.82) is 0 Å². The SMILES string of the molecule is C=CCCCN(C)C(=NCCNC(=O)c1ccccc1F)NCC.I. The number of nitrogens with one attached hydrogen (secondary N) is 2. The van der Waals surface area contributed by atoms with Gasteiger partial charge in [0, 0.05) is 26.7 Å². The second kappa shape index (κ2) is 13.6. The lowest BCUT2D eigenvalue weighted by molar-refractivity contribution is 0.0951. The molecule has 0 heterocycles. The van der Waals surface area contributed by atoms with Crippen LogP contribution in [0.3, 0.4) is 0 Å². The molecule has 1 rings (SSSR count). The van der Waals surface area contributed by atoms with Gasteiger partial charge in [0.2, 0.25) is 0 Å². The summed E-state index contributed by atoms with van der Waals surface area (Å²) in [5.41, 5.74) is 0.0509. The summed E-state index contributed by atoms with van der Waals surface area (Å²) in [5.74, 6) is -0.150. The van der Waals surface area contributed by atoms with Crippen molar-refractivity contribution in [3.63, 3.8) is 0 Å². The van der Waals surface area contributed by atoms with Crippen molar-refractivity contribution in [2.24, 2.45) is 4.99 Å². The molecule has 0 radical (unpaired) electrons. The predicted molar refractivity (Wildman–Crippen MR) is 112 cm³/mol. The summed E-state index contributed by atoms with van der Waals surface area (Å²) in [6.45, 7) is 8.14. The molecule has 140 valence electrons. The molecule has 25 heavy (non-hydrogen) atoms. The number of carbonyl (C=O) groups is 1. The van der Waals surface area contributed by atoms with Crippen LogP contribution >= 0.6 is 24.0 Å². The van der Waals surface area contributed by atoms with E-state index in [0.717, 1.165) is 31.9 Å². The van der Waals surface area contributed by atoms with Crippen LogP contribution < -0.4 is 10.6 Å². The number of nitrogens with zero attached hydrogens (tertiary/aromatic N) is 2.